The van der Waals surface area contributed by atoms with Crippen LogP contribution in [0.25, 0.3) is 22.6 Å². The maximum Gasteiger partial charge on any atom is 0.257 e. The molecule has 2 N–H and O–H groups in total. The van der Waals surface area contributed by atoms with Gasteiger partial charge in [-0.05, 0) is 86.2 Å². The Balaban J connectivity index is 1.20. The number of amides is 1. The van der Waals surface area contributed by atoms with E-state index in [9.17, 15) is 4.79 Å². The fraction of sp³-hybridized carbons (Fsp3) is 0.100. The van der Waals surface area contributed by atoms with Gasteiger partial charge in [-0.2, -0.15) is 0 Å². The molecule has 6 nitrogen and oxygen atoms in total. The smallest absolute Gasteiger partial charge is 0.257 e. The molecule has 184 valence electrons. The van der Waals surface area contributed by atoms with Crippen LogP contribution in [0, 0.1) is 13.8 Å². The molecule has 0 aliphatic rings. The first-order valence-corrected chi connectivity index (χ1v) is 12.2. The van der Waals surface area contributed by atoms with Crippen LogP contribution in [0.4, 0.5) is 5.69 Å². The van der Waals surface area contributed by atoms with Crippen molar-refractivity contribution in [3.63, 3.8) is 0 Å². The molecule has 37 heavy (non-hydrogen) atoms. The number of aryl methyl sites for hydroxylation is 2. The first-order chi connectivity index (χ1) is 17.9. The minimum Gasteiger partial charge on any atom is -0.489 e. The Hall–Kier alpha value is -4.49. The number of nitrogens with zero attached hydrogens (tertiary/aromatic N) is 1. The molecule has 0 aliphatic carbocycles. The number of ether oxygens (including phenoxy) is 1. The van der Waals surface area contributed by atoms with E-state index in [1.165, 1.54) is 0 Å². The van der Waals surface area contributed by atoms with E-state index >= 15 is 0 Å². The molecule has 1 heterocycles. The molecule has 0 unspecified atom stereocenters. The number of rotatable bonds is 6. The Bertz CT molecular complexity index is 1560. The predicted molar refractivity (Wildman–Crippen MR) is 150 cm³/mol. The summed E-state index contributed by atoms with van der Waals surface area (Å²) in [5.41, 5.74) is 6.84. The Morgan fingerprint density at radius 2 is 1.65 bits per heavy atom. The second-order valence-electron chi connectivity index (χ2n) is 8.78. The maximum atomic E-state index is 12.7. The lowest BCUT2D eigenvalue weighted by Crippen LogP contribution is -2.34. The zero-order valence-corrected chi connectivity index (χ0v) is 21.3. The molecule has 0 atom stereocenters. The lowest BCUT2D eigenvalue weighted by atomic mass is 10.1. The zero-order valence-electron chi connectivity index (χ0n) is 20.4. The molecular formula is C30H25N3O3S. The standard InChI is InChI=1S/C30H25N3O3S/c1-19-14-20(2)16-23(15-19)29-32-26-17-24(10-13-27(26)36-29)31-30(37)33-28(34)22-8-11-25(12-9-22)35-18-21-6-4-3-5-7-21/h3-17H,18H2,1-2H3,(H2,31,33,34,37). The van der Waals surface area contributed by atoms with Gasteiger partial charge in [0.05, 0.1) is 0 Å². The van der Waals surface area contributed by atoms with E-state index in [0.29, 0.717) is 40.6 Å². The summed E-state index contributed by atoms with van der Waals surface area (Å²) in [4.78, 5) is 17.3. The second-order valence-corrected chi connectivity index (χ2v) is 9.19. The highest BCUT2D eigenvalue weighted by Crippen LogP contribution is 2.27. The van der Waals surface area contributed by atoms with Crippen molar-refractivity contribution >= 4 is 40.0 Å². The third-order valence-corrected chi connectivity index (χ3v) is 5.91. The number of thiocarbonyl (C=S) groups is 1. The van der Waals surface area contributed by atoms with Crippen molar-refractivity contribution in [2.75, 3.05) is 5.32 Å². The van der Waals surface area contributed by atoms with Crippen LogP contribution < -0.4 is 15.4 Å². The Kier molecular flexibility index (Phi) is 6.96. The normalized spacial score (nSPS) is 10.8. The first kappa shape index (κ1) is 24.2. The fourth-order valence-electron chi connectivity index (χ4n) is 4.01. The molecule has 0 saturated heterocycles. The van der Waals surface area contributed by atoms with E-state index < -0.39 is 0 Å². The third kappa shape index (κ3) is 6.02. The Morgan fingerprint density at radius 3 is 2.38 bits per heavy atom. The van der Waals surface area contributed by atoms with Crippen LogP contribution in [0.2, 0.25) is 0 Å². The maximum absolute atomic E-state index is 12.7. The number of aromatic nitrogens is 1. The van der Waals surface area contributed by atoms with E-state index in [2.05, 4.69) is 21.7 Å². The van der Waals surface area contributed by atoms with E-state index in [1.807, 2.05) is 74.5 Å². The highest BCUT2D eigenvalue weighted by molar-refractivity contribution is 7.80. The number of carbonyl (C=O) groups is 1. The molecule has 5 rings (SSSR count). The Labute approximate surface area is 220 Å². The van der Waals surface area contributed by atoms with Gasteiger partial charge in [-0.25, -0.2) is 4.98 Å². The van der Waals surface area contributed by atoms with Crippen LogP contribution in [0.15, 0.2) is 95.4 Å². The first-order valence-electron chi connectivity index (χ1n) is 11.8. The minimum atomic E-state index is -0.313. The van der Waals surface area contributed by atoms with Crippen molar-refractivity contribution < 1.29 is 13.9 Å². The average molecular weight is 508 g/mol. The van der Waals surface area contributed by atoms with Crippen molar-refractivity contribution in [2.24, 2.45) is 0 Å². The number of anilines is 1. The molecule has 7 heteroatoms. The largest absolute Gasteiger partial charge is 0.489 e. The minimum absolute atomic E-state index is 0.187. The van der Waals surface area contributed by atoms with E-state index in [4.69, 9.17) is 21.4 Å². The monoisotopic (exact) mass is 507 g/mol. The summed E-state index contributed by atoms with van der Waals surface area (Å²) in [5, 5.41) is 5.94. The molecule has 4 aromatic carbocycles. The number of carbonyl (C=O) groups excluding carboxylic acids is 1. The van der Waals surface area contributed by atoms with Gasteiger partial charge in [0.25, 0.3) is 5.91 Å². The molecule has 5 aromatic rings. The van der Waals surface area contributed by atoms with Gasteiger partial charge >= 0.3 is 0 Å². The molecule has 0 bridgehead atoms. The molecule has 1 aromatic heterocycles. The van der Waals surface area contributed by atoms with Crippen LogP contribution in [0.5, 0.6) is 5.75 Å². The van der Waals surface area contributed by atoms with Crippen molar-refractivity contribution in [1.29, 1.82) is 0 Å². The van der Waals surface area contributed by atoms with Crippen molar-refractivity contribution in [2.45, 2.75) is 20.5 Å². The van der Waals surface area contributed by atoms with Gasteiger partial charge in [0.15, 0.2) is 10.7 Å². The van der Waals surface area contributed by atoms with Gasteiger partial charge in [-0.1, -0.05) is 47.5 Å². The zero-order chi connectivity index (χ0) is 25.8. The van der Waals surface area contributed by atoms with E-state index in [0.717, 1.165) is 22.3 Å². The summed E-state index contributed by atoms with van der Waals surface area (Å²) >= 11 is 5.36. The van der Waals surface area contributed by atoms with Gasteiger partial charge in [0.2, 0.25) is 5.89 Å². The lowest BCUT2D eigenvalue weighted by molar-refractivity contribution is 0.0977. The number of hydrogen-bond acceptors (Lipinski definition) is 5. The summed E-state index contributed by atoms with van der Waals surface area (Å²) in [5.74, 6) is 0.931. The highest BCUT2D eigenvalue weighted by Gasteiger charge is 2.12. The molecule has 0 spiro atoms. The van der Waals surface area contributed by atoms with Gasteiger partial charge in [-0.15, -0.1) is 0 Å². The number of fused-ring (bicyclic) bond motifs is 1. The average Bonchev–Trinajstić information content (AvgIpc) is 3.31. The summed E-state index contributed by atoms with van der Waals surface area (Å²) in [6, 6.07) is 28.5. The predicted octanol–water partition coefficient (Wildman–Crippen LogP) is 6.82. The summed E-state index contributed by atoms with van der Waals surface area (Å²) < 4.78 is 11.7. The Morgan fingerprint density at radius 1 is 0.919 bits per heavy atom. The van der Waals surface area contributed by atoms with Gasteiger partial charge in [0.1, 0.15) is 17.9 Å². The van der Waals surface area contributed by atoms with Gasteiger partial charge < -0.3 is 14.5 Å². The summed E-state index contributed by atoms with van der Waals surface area (Å²) in [7, 11) is 0. The number of hydrogen-bond donors (Lipinski definition) is 2. The molecular weight excluding hydrogens is 482 g/mol. The van der Waals surface area contributed by atoms with E-state index in [-0.39, 0.29) is 11.0 Å². The topological polar surface area (TPSA) is 76.4 Å². The molecule has 0 radical (unpaired) electrons. The number of oxazole rings is 1. The van der Waals surface area contributed by atoms with Crippen LogP contribution in [-0.2, 0) is 6.61 Å². The second kappa shape index (κ2) is 10.6. The number of benzene rings is 4. The van der Waals surface area contributed by atoms with Crippen LogP contribution >= 0.6 is 12.2 Å². The third-order valence-electron chi connectivity index (χ3n) is 5.71. The van der Waals surface area contributed by atoms with Crippen molar-refractivity contribution in [3.05, 3.63) is 113 Å². The summed E-state index contributed by atoms with van der Waals surface area (Å²) in [6.45, 7) is 4.55. The number of nitrogens with one attached hydrogen (secondary N) is 2. The van der Waals surface area contributed by atoms with Gasteiger partial charge in [-0.3, -0.25) is 10.1 Å². The molecule has 0 aliphatic heterocycles. The molecule has 0 fully saturated rings. The SMILES string of the molecule is Cc1cc(C)cc(-c2nc3cc(NC(=S)NC(=O)c4ccc(OCc5ccccc5)cc4)ccc3o2)c1. The fourth-order valence-corrected chi connectivity index (χ4v) is 4.22. The van der Waals surface area contributed by atoms with Crippen molar-refractivity contribution in [1.82, 2.24) is 10.3 Å². The highest BCUT2D eigenvalue weighted by atomic mass is 32.1. The van der Waals surface area contributed by atoms with Gasteiger partial charge in [0, 0.05) is 16.8 Å². The van der Waals surface area contributed by atoms with Crippen LogP contribution in [0.3, 0.4) is 0 Å². The lowest BCUT2D eigenvalue weighted by Gasteiger charge is -2.10. The van der Waals surface area contributed by atoms with Crippen LogP contribution in [-0.4, -0.2) is 16.0 Å². The quantitative estimate of drug-likeness (QED) is 0.246. The molecule has 1 amide bonds. The van der Waals surface area contributed by atoms with E-state index in [1.54, 1.807) is 24.3 Å². The van der Waals surface area contributed by atoms with Crippen molar-refractivity contribution in [3.8, 4) is 17.2 Å². The molecule has 0 saturated carbocycles. The summed E-state index contributed by atoms with van der Waals surface area (Å²) in [6.07, 6.45) is 0. The van der Waals surface area contributed by atoms with Crippen LogP contribution in [0.1, 0.15) is 27.0 Å².